The summed E-state index contributed by atoms with van der Waals surface area (Å²) < 4.78 is 6.63. The smallest absolute Gasteiger partial charge is 0.408 e. The van der Waals surface area contributed by atoms with Gasteiger partial charge in [0.05, 0.1) is 5.52 Å². The quantitative estimate of drug-likeness (QED) is 0.787. The van der Waals surface area contributed by atoms with E-state index in [9.17, 15) is 9.90 Å². The second kappa shape index (κ2) is 4.90. The largest absolute Gasteiger partial charge is 0.419 e. The van der Waals surface area contributed by atoms with Crippen molar-refractivity contribution in [2.75, 3.05) is 0 Å². The van der Waals surface area contributed by atoms with Crippen LogP contribution < -0.4 is 5.76 Å². The second-order valence-corrected chi connectivity index (χ2v) is 5.36. The summed E-state index contributed by atoms with van der Waals surface area (Å²) in [6, 6.07) is 11.3. The minimum Gasteiger partial charge on any atom is -0.408 e. The molecule has 0 saturated heterocycles. The van der Waals surface area contributed by atoms with E-state index in [0.29, 0.717) is 11.1 Å². The summed E-state index contributed by atoms with van der Waals surface area (Å²) in [4.78, 5) is 11.5. The standard InChI is InChI=1S/C17H17NO3/c1-10-5-4-6-11(2)15(10)16(19)12-7-8-13-14(9-12)21-17(20)18(13)3/h4-9,16,19H,1-3H3. The van der Waals surface area contributed by atoms with Crippen LogP contribution in [0.3, 0.4) is 0 Å². The van der Waals surface area contributed by atoms with Crippen LogP contribution in [0, 0.1) is 13.8 Å². The van der Waals surface area contributed by atoms with Crippen LogP contribution in [0.1, 0.15) is 28.4 Å². The maximum Gasteiger partial charge on any atom is 0.419 e. The Morgan fingerprint density at radius 2 is 1.81 bits per heavy atom. The molecule has 0 spiro atoms. The highest BCUT2D eigenvalue weighted by molar-refractivity contribution is 5.74. The maximum atomic E-state index is 11.5. The number of hydrogen-bond donors (Lipinski definition) is 1. The van der Waals surface area contributed by atoms with Crippen LogP contribution >= 0.6 is 0 Å². The van der Waals surface area contributed by atoms with Crippen LogP contribution in [-0.4, -0.2) is 9.67 Å². The molecule has 0 amide bonds. The van der Waals surface area contributed by atoms with E-state index in [0.717, 1.165) is 22.2 Å². The average molecular weight is 283 g/mol. The Hall–Kier alpha value is -2.33. The molecule has 4 nitrogen and oxygen atoms in total. The van der Waals surface area contributed by atoms with Crippen LogP contribution in [0.25, 0.3) is 11.1 Å². The molecule has 0 aliphatic heterocycles. The Morgan fingerprint density at radius 1 is 1.14 bits per heavy atom. The maximum absolute atomic E-state index is 11.5. The van der Waals surface area contributed by atoms with Crippen molar-refractivity contribution in [3.05, 3.63) is 69.2 Å². The van der Waals surface area contributed by atoms with Crippen LogP contribution in [-0.2, 0) is 7.05 Å². The van der Waals surface area contributed by atoms with Crippen molar-refractivity contribution < 1.29 is 9.52 Å². The van der Waals surface area contributed by atoms with Crippen LogP contribution in [0.4, 0.5) is 0 Å². The van der Waals surface area contributed by atoms with Gasteiger partial charge >= 0.3 is 5.76 Å². The molecule has 2 aromatic carbocycles. The molecule has 1 aromatic heterocycles. The summed E-state index contributed by atoms with van der Waals surface area (Å²) in [6.45, 7) is 3.96. The Morgan fingerprint density at radius 3 is 2.48 bits per heavy atom. The molecule has 21 heavy (non-hydrogen) atoms. The number of aryl methyl sites for hydroxylation is 3. The predicted octanol–water partition coefficient (Wildman–Crippen LogP) is 2.83. The Kier molecular flexibility index (Phi) is 3.18. The van der Waals surface area contributed by atoms with Crippen LogP contribution in [0.2, 0.25) is 0 Å². The Labute approximate surface area is 122 Å². The number of nitrogens with zero attached hydrogens (tertiary/aromatic N) is 1. The van der Waals surface area contributed by atoms with Gasteiger partial charge in [0, 0.05) is 7.05 Å². The molecule has 1 heterocycles. The first-order chi connectivity index (χ1) is 9.99. The van der Waals surface area contributed by atoms with Crippen molar-refractivity contribution >= 4 is 11.1 Å². The molecule has 0 saturated carbocycles. The SMILES string of the molecule is Cc1cccc(C)c1C(O)c1ccc2c(c1)oc(=O)n2C. The van der Waals surface area contributed by atoms with E-state index in [1.54, 1.807) is 19.2 Å². The van der Waals surface area contributed by atoms with Gasteiger partial charge in [0.15, 0.2) is 5.58 Å². The van der Waals surface area contributed by atoms with E-state index in [4.69, 9.17) is 4.42 Å². The summed E-state index contributed by atoms with van der Waals surface area (Å²) in [5, 5.41) is 10.7. The Bertz CT molecular complexity index is 853. The molecule has 3 aromatic rings. The van der Waals surface area contributed by atoms with Gasteiger partial charge in [-0.3, -0.25) is 4.57 Å². The number of aromatic nitrogens is 1. The molecule has 0 aliphatic carbocycles. The summed E-state index contributed by atoms with van der Waals surface area (Å²) in [5.41, 5.74) is 4.90. The summed E-state index contributed by atoms with van der Waals surface area (Å²) in [6.07, 6.45) is -0.735. The molecule has 3 rings (SSSR count). The van der Waals surface area contributed by atoms with Crippen LogP contribution in [0.15, 0.2) is 45.6 Å². The van der Waals surface area contributed by atoms with Gasteiger partial charge in [-0.15, -0.1) is 0 Å². The lowest BCUT2D eigenvalue weighted by molar-refractivity contribution is 0.219. The van der Waals surface area contributed by atoms with Crippen molar-refractivity contribution in [3.8, 4) is 0 Å². The van der Waals surface area contributed by atoms with Crippen LogP contribution in [0.5, 0.6) is 0 Å². The molecule has 1 atom stereocenters. The topological polar surface area (TPSA) is 55.4 Å². The molecule has 1 unspecified atom stereocenters. The molecule has 0 fully saturated rings. The van der Waals surface area contributed by atoms with Gasteiger partial charge < -0.3 is 9.52 Å². The van der Waals surface area contributed by atoms with E-state index in [1.807, 2.05) is 38.1 Å². The average Bonchev–Trinajstić information content (AvgIpc) is 2.73. The summed E-state index contributed by atoms with van der Waals surface area (Å²) in [7, 11) is 1.66. The van der Waals surface area contributed by atoms with E-state index in [1.165, 1.54) is 4.57 Å². The first-order valence-corrected chi connectivity index (χ1v) is 6.82. The monoisotopic (exact) mass is 283 g/mol. The van der Waals surface area contributed by atoms with Gasteiger partial charge in [0.2, 0.25) is 0 Å². The number of hydrogen-bond acceptors (Lipinski definition) is 3. The molecule has 0 aliphatic rings. The van der Waals surface area contributed by atoms with E-state index in [2.05, 4.69) is 0 Å². The third-order valence-corrected chi connectivity index (χ3v) is 3.95. The van der Waals surface area contributed by atoms with Gasteiger partial charge in [-0.2, -0.15) is 0 Å². The zero-order valence-corrected chi connectivity index (χ0v) is 12.3. The fourth-order valence-corrected chi connectivity index (χ4v) is 2.75. The van der Waals surface area contributed by atoms with E-state index in [-0.39, 0.29) is 0 Å². The first-order valence-electron chi connectivity index (χ1n) is 6.82. The zero-order chi connectivity index (χ0) is 15.1. The summed E-state index contributed by atoms with van der Waals surface area (Å²) >= 11 is 0. The minimum atomic E-state index is -0.735. The first kappa shape index (κ1) is 13.6. The number of aliphatic hydroxyl groups excluding tert-OH is 1. The van der Waals surface area contributed by atoms with Crippen molar-refractivity contribution in [2.45, 2.75) is 20.0 Å². The van der Waals surface area contributed by atoms with Crippen molar-refractivity contribution in [1.29, 1.82) is 0 Å². The number of oxazole rings is 1. The number of rotatable bonds is 2. The molecular formula is C17H17NO3. The lowest BCUT2D eigenvalue weighted by Gasteiger charge is -2.16. The van der Waals surface area contributed by atoms with Crippen molar-refractivity contribution in [2.24, 2.45) is 7.05 Å². The number of benzene rings is 2. The number of aliphatic hydroxyl groups is 1. The van der Waals surface area contributed by atoms with Gasteiger partial charge in [-0.1, -0.05) is 24.3 Å². The molecule has 1 N–H and O–H groups in total. The second-order valence-electron chi connectivity index (χ2n) is 5.36. The molecular weight excluding hydrogens is 266 g/mol. The lowest BCUT2D eigenvalue weighted by Crippen LogP contribution is -2.08. The van der Waals surface area contributed by atoms with Gasteiger partial charge in [-0.25, -0.2) is 4.79 Å². The van der Waals surface area contributed by atoms with E-state index < -0.39 is 11.9 Å². The predicted molar refractivity (Wildman–Crippen MR) is 81.4 cm³/mol. The van der Waals surface area contributed by atoms with Gasteiger partial charge in [-0.05, 0) is 48.2 Å². The fraction of sp³-hybridized carbons (Fsp3) is 0.235. The molecule has 0 bridgehead atoms. The lowest BCUT2D eigenvalue weighted by atomic mass is 9.93. The van der Waals surface area contributed by atoms with Gasteiger partial charge in [0.1, 0.15) is 6.10 Å². The zero-order valence-electron chi connectivity index (χ0n) is 12.3. The highest BCUT2D eigenvalue weighted by Crippen LogP contribution is 2.29. The van der Waals surface area contributed by atoms with Crippen molar-refractivity contribution in [3.63, 3.8) is 0 Å². The highest BCUT2D eigenvalue weighted by atomic mass is 16.4. The molecule has 108 valence electrons. The normalized spacial score (nSPS) is 12.8. The van der Waals surface area contributed by atoms with E-state index >= 15 is 0 Å². The fourth-order valence-electron chi connectivity index (χ4n) is 2.75. The van der Waals surface area contributed by atoms with Gasteiger partial charge in [0.25, 0.3) is 0 Å². The van der Waals surface area contributed by atoms with Crippen molar-refractivity contribution in [1.82, 2.24) is 4.57 Å². The Balaban J connectivity index is 2.14. The third-order valence-electron chi connectivity index (χ3n) is 3.95. The number of fused-ring (bicyclic) bond motifs is 1. The molecule has 0 radical (unpaired) electrons. The highest BCUT2D eigenvalue weighted by Gasteiger charge is 2.17. The summed E-state index contributed by atoms with van der Waals surface area (Å²) in [5.74, 6) is -0.399. The third kappa shape index (κ3) is 2.17. The minimum absolute atomic E-state index is 0.399. The molecule has 4 heteroatoms.